The maximum Gasteiger partial charge on any atom is 0.410 e. The van der Waals surface area contributed by atoms with Crippen LogP contribution in [0.5, 0.6) is 5.75 Å². The lowest BCUT2D eigenvalue weighted by molar-refractivity contribution is -0.00159. The van der Waals surface area contributed by atoms with Gasteiger partial charge in [0.15, 0.2) is 5.76 Å². The number of carbonyl (C=O) groups is 1. The van der Waals surface area contributed by atoms with Gasteiger partial charge in [-0.15, -0.1) is 0 Å². The van der Waals surface area contributed by atoms with E-state index in [1.54, 1.807) is 23.1 Å². The second kappa shape index (κ2) is 6.92. The molecule has 26 heavy (non-hydrogen) atoms. The van der Waals surface area contributed by atoms with E-state index in [1.807, 2.05) is 32.9 Å². The van der Waals surface area contributed by atoms with E-state index in [9.17, 15) is 9.00 Å². The molecule has 1 amide bonds. The number of likely N-dealkylation sites (tertiary alicyclic amines) is 1. The molecule has 0 aromatic heterocycles. The highest BCUT2D eigenvalue weighted by Gasteiger charge is 2.41. The summed E-state index contributed by atoms with van der Waals surface area (Å²) < 4.78 is 37.0. The van der Waals surface area contributed by atoms with Crippen LogP contribution in [0.2, 0.25) is 0 Å². The molecule has 1 aromatic carbocycles. The number of hydrogen-bond acceptors (Lipinski definition) is 5. The summed E-state index contributed by atoms with van der Waals surface area (Å²) in [5.41, 5.74) is -0.588. The molecule has 0 bridgehead atoms. The third-order valence-electron chi connectivity index (χ3n) is 4.28. The number of rotatable bonds is 2. The molecule has 1 atom stereocenters. The van der Waals surface area contributed by atoms with Crippen molar-refractivity contribution in [3.8, 4) is 5.75 Å². The largest absolute Gasteiger partial charge is 0.482 e. The quantitative estimate of drug-likeness (QED) is 0.791. The third kappa shape index (κ3) is 4.19. The number of nitrogens with zero attached hydrogens (tertiary/aromatic N) is 1. The zero-order valence-corrected chi connectivity index (χ0v) is 15.9. The predicted molar refractivity (Wildman–Crippen MR) is 96.7 cm³/mol. The predicted octanol–water partition coefficient (Wildman–Crippen LogP) is 3.34. The fourth-order valence-electron chi connectivity index (χ4n) is 3.11. The number of benzene rings is 1. The minimum absolute atomic E-state index is 0.318. The number of hydrogen-bond donors (Lipinski definition) is 1. The Kier molecular flexibility index (Phi) is 4.98. The van der Waals surface area contributed by atoms with Crippen LogP contribution in [0.4, 0.5) is 4.79 Å². The molecule has 142 valence electrons. The van der Waals surface area contributed by atoms with Crippen LogP contribution in [0.3, 0.4) is 0 Å². The summed E-state index contributed by atoms with van der Waals surface area (Å²) in [5, 5.41) is 0. The van der Waals surface area contributed by atoms with Crippen LogP contribution in [0.25, 0.3) is 5.76 Å². The maximum absolute atomic E-state index is 12.2. The molecule has 1 aromatic rings. The molecule has 7 nitrogen and oxygen atoms in total. The Balaban J connectivity index is 1.77. The molecule has 1 N–H and O–H groups in total. The first-order valence-electron chi connectivity index (χ1n) is 8.46. The molecule has 0 saturated carbocycles. The Labute approximate surface area is 155 Å². The van der Waals surface area contributed by atoms with Crippen LogP contribution < -0.4 is 4.74 Å². The van der Waals surface area contributed by atoms with E-state index < -0.39 is 22.6 Å². The van der Waals surface area contributed by atoms with Gasteiger partial charge in [-0.3, -0.25) is 4.55 Å². The van der Waals surface area contributed by atoms with Gasteiger partial charge in [-0.2, -0.15) is 4.21 Å². The molecule has 1 unspecified atom stereocenters. The van der Waals surface area contributed by atoms with E-state index in [-0.39, 0.29) is 6.09 Å². The van der Waals surface area contributed by atoms with E-state index in [4.69, 9.17) is 18.2 Å². The van der Waals surface area contributed by atoms with Crippen molar-refractivity contribution < 1.29 is 27.2 Å². The van der Waals surface area contributed by atoms with Crippen molar-refractivity contribution in [2.24, 2.45) is 0 Å². The summed E-state index contributed by atoms with van der Waals surface area (Å²) in [6, 6.07) is 7.22. The average Bonchev–Trinajstić information content (AvgIpc) is 2.53. The van der Waals surface area contributed by atoms with Crippen molar-refractivity contribution in [2.45, 2.75) is 44.8 Å². The van der Waals surface area contributed by atoms with Gasteiger partial charge < -0.3 is 18.6 Å². The lowest BCUT2D eigenvalue weighted by atomic mass is 9.87. The highest BCUT2D eigenvalue weighted by Crippen LogP contribution is 2.41. The van der Waals surface area contributed by atoms with Gasteiger partial charge in [-0.25, -0.2) is 4.79 Å². The first-order chi connectivity index (χ1) is 12.2. The SMILES string of the molecule is CC(C)(C)OC(=O)N1CCC2(C=C(OS(=O)O)c3ccccc3O2)CC1. The molecule has 2 heterocycles. The Bertz CT molecular complexity index is 746. The van der Waals surface area contributed by atoms with Gasteiger partial charge in [0.2, 0.25) is 0 Å². The number of ether oxygens (including phenoxy) is 2. The molecular formula is C18H23NO6S. The Hall–Kier alpha value is -2.06. The second-order valence-electron chi connectivity index (χ2n) is 7.44. The highest BCUT2D eigenvalue weighted by molar-refractivity contribution is 7.74. The Morgan fingerprint density at radius 1 is 1.27 bits per heavy atom. The van der Waals surface area contributed by atoms with Gasteiger partial charge in [0.05, 0.1) is 5.56 Å². The number of fused-ring (bicyclic) bond motifs is 1. The van der Waals surface area contributed by atoms with Crippen molar-refractivity contribution in [2.75, 3.05) is 13.1 Å². The number of para-hydroxylation sites is 1. The van der Waals surface area contributed by atoms with Crippen LogP contribution in [0.1, 0.15) is 39.2 Å². The maximum atomic E-state index is 12.2. The molecule has 1 spiro atoms. The summed E-state index contributed by atoms with van der Waals surface area (Å²) >= 11 is -2.43. The van der Waals surface area contributed by atoms with Crippen molar-refractivity contribution in [1.82, 2.24) is 4.90 Å². The fourth-order valence-corrected chi connectivity index (χ4v) is 3.40. The van der Waals surface area contributed by atoms with E-state index >= 15 is 0 Å². The number of piperidine rings is 1. The van der Waals surface area contributed by atoms with Gasteiger partial charge in [-0.1, -0.05) is 12.1 Å². The molecular weight excluding hydrogens is 358 g/mol. The Morgan fingerprint density at radius 2 is 1.92 bits per heavy atom. The second-order valence-corrected chi connectivity index (χ2v) is 8.04. The smallest absolute Gasteiger partial charge is 0.410 e. The molecule has 0 aliphatic carbocycles. The first-order valence-corrected chi connectivity index (χ1v) is 9.49. The van der Waals surface area contributed by atoms with Gasteiger partial charge >= 0.3 is 17.5 Å². The van der Waals surface area contributed by atoms with E-state index in [0.29, 0.717) is 43.0 Å². The summed E-state index contributed by atoms with van der Waals surface area (Å²) in [6.07, 6.45) is 2.47. The molecule has 2 aliphatic rings. The lowest BCUT2D eigenvalue weighted by Crippen LogP contribution is -2.50. The van der Waals surface area contributed by atoms with Crippen LogP contribution in [0.15, 0.2) is 30.3 Å². The summed E-state index contributed by atoms with van der Waals surface area (Å²) in [5.74, 6) is 0.916. The van der Waals surface area contributed by atoms with Gasteiger partial charge in [0, 0.05) is 32.0 Å². The van der Waals surface area contributed by atoms with E-state index in [0.717, 1.165) is 0 Å². The minimum Gasteiger partial charge on any atom is -0.482 e. The van der Waals surface area contributed by atoms with E-state index in [2.05, 4.69) is 0 Å². The lowest BCUT2D eigenvalue weighted by Gasteiger charge is -2.42. The zero-order valence-electron chi connectivity index (χ0n) is 15.1. The van der Waals surface area contributed by atoms with Crippen LogP contribution >= 0.6 is 0 Å². The normalized spacial score (nSPS) is 19.8. The van der Waals surface area contributed by atoms with Crippen LogP contribution in [-0.2, 0) is 20.3 Å². The summed E-state index contributed by atoms with van der Waals surface area (Å²) in [7, 11) is 0. The van der Waals surface area contributed by atoms with Gasteiger partial charge in [-0.05, 0) is 32.9 Å². The fraction of sp³-hybridized carbons (Fsp3) is 0.500. The molecule has 0 radical (unpaired) electrons. The monoisotopic (exact) mass is 381 g/mol. The van der Waals surface area contributed by atoms with Crippen molar-refractivity contribution in [3.05, 3.63) is 35.9 Å². The van der Waals surface area contributed by atoms with E-state index in [1.165, 1.54) is 0 Å². The molecule has 8 heteroatoms. The summed E-state index contributed by atoms with van der Waals surface area (Å²) in [6.45, 7) is 6.42. The topological polar surface area (TPSA) is 85.3 Å². The average molecular weight is 381 g/mol. The Morgan fingerprint density at radius 3 is 2.54 bits per heavy atom. The molecule has 2 aliphatic heterocycles. The van der Waals surface area contributed by atoms with Crippen LogP contribution in [-0.4, -0.2) is 44.0 Å². The first kappa shape index (κ1) is 18.7. The van der Waals surface area contributed by atoms with Crippen molar-refractivity contribution >= 4 is 23.2 Å². The van der Waals surface area contributed by atoms with Crippen LogP contribution in [0, 0.1) is 0 Å². The number of amides is 1. The highest BCUT2D eigenvalue weighted by atomic mass is 32.2. The third-order valence-corrected chi connectivity index (χ3v) is 4.60. The van der Waals surface area contributed by atoms with Crippen molar-refractivity contribution in [1.29, 1.82) is 0 Å². The van der Waals surface area contributed by atoms with Gasteiger partial charge in [0.1, 0.15) is 17.0 Å². The summed E-state index contributed by atoms with van der Waals surface area (Å²) in [4.78, 5) is 13.9. The standard InChI is InChI=1S/C18H23NO6S/c1-17(2,3)24-16(20)19-10-8-18(9-11-19)12-15(25-26(21)22)13-6-4-5-7-14(13)23-18/h4-7,12H,8-11H2,1-3H3,(H,21,22). The minimum atomic E-state index is -2.43. The number of carbonyl (C=O) groups excluding carboxylic acids is 1. The molecule has 3 rings (SSSR count). The molecule has 1 fully saturated rings. The van der Waals surface area contributed by atoms with Crippen molar-refractivity contribution in [3.63, 3.8) is 0 Å². The zero-order chi connectivity index (χ0) is 18.9. The van der Waals surface area contributed by atoms with Gasteiger partial charge in [0.25, 0.3) is 0 Å². The molecule has 1 saturated heterocycles.